The maximum atomic E-state index is 13.1. The summed E-state index contributed by atoms with van der Waals surface area (Å²) in [4.78, 5) is 4.95. The number of halogens is 1. The van der Waals surface area contributed by atoms with Crippen LogP contribution in [0.15, 0.2) is 29.4 Å². The quantitative estimate of drug-likeness (QED) is 0.121. The van der Waals surface area contributed by atoms with Gasteiger partial charge in [-0.25, -0.2) is 4.39 Å². The SMILES string of the molecule is CCCCCCCCCCCCCCCCNCCC/C(=N/OC)c1ccc(F)cc1. The topological polar surface area (TPSA) is 33.6 Å². The van der Waals surface area contributed by atoms with Gasteiger partial charge in [0.15, 0.2) is 0 Å². The summed E-state index contributed by atoms with van der Waals surface area (Å²) in [7, 11) is 1.55. The Kier molecular flexibility index (Phi) is 18.2. The predicted molar refractivity (Wildman–Crippen MR) is 132 cm³/mol. The molecule has 178 valence electrons. The minimum atomic E-state index is -0.227. The first-order valence-electron chi connectivity index (χ1n) is 12.8. The highest BCUT2D eigenvalue weighted by molar-refractivity contribution is 6.00. The van der Waals surface area contributed by atoms with Crippen LogP contribution < -0.4 is 5.32 Å². The van der Waals surface area contributed by atoms with Gasteiger partial charge in [0.2, 0.25) is 0 Å². The van der Waals surface area contributed by atoms with Crippen molar-refractivity contribution in [3.05, 3.63) is 35.6 Å². The number of rotatable bonds is 21. The molecule has 0 unspecified atom stereocenters. The van der Waals surface area contributed by atoms with Crippen molar-refractivity contribution in [1.29, 1.82) is 0 Å². The second-order valence-electron chi connectivity index (χ2n) is 8.68. The first-order valence-corrected chi connectivity index (χ1v) is 12.8. The van der Waals surface area contributed by atoms with E-state index in [1.54, 1.807) is 19.2 Å². The highest BCUT2D eigenvalue weighted by atomic mass is 19.1. The first-order chi connectivity index (χ1) is 15.3. The fourth-order valence-corrected chi connectivity index (χ4v) is 3.95. The fourth-order valence-electron chi connectivity index (χ4n) is 3.95. The number of nitrogens with zero attached hydrogens (tertiary/aromatic N) is 1. The van der Waals surface area contributed by atoms with Crippen molar-refractivity contribution >= 4 is 5.71 Å². The molecule has 1 N–H and O–H groups in total. The number of hydrogen-bond acceptors (Lipinski definition) is 3. The van der Waals surface area contributed by atoms with Crippen LogP contribution in [0, 0.1) is 5.82 Å². The number of oxime groups is 1. The lowest BCUT2D eigenvalue weighted by atomic mass is 10.0. The Morgan fingerprint density at radius 1 is 0.742 bits per heavy atom. The van der Waals surface area contributed by atoms with Gasteiger partial charge >= 0.3 is 0 Å². The van der Waals surface area contributed by atoms with E-state index in [0.717, 1.165) is 37.2 Å². The zero-order valence-electron chi connectivity index (χ0n) is 20.3. The molecule has 1 aromatic rings. The van der Waals surface area contributed by atoms with Crippen LogP contribution in [0.25, 0.3) is 0 Å². The summed E-state index contributed by atoms with van der Waals surface area (Å²) in [6.07, 6.45) is 21.4. The third kappa shape index (κ3) is 15.9. The third-order valence-corrected chi connectivity index (χ3v) is 5.85. The van der Waals surface area contributed by atoms with Crippen LogP contribution in [-0.4, -0.2) is 25.9 Å². The molecule has 0 aliphatic heterocycles. The Morgan fingerprint density at radius 3 is 1.74 bits per heavy atom. The molecule has 0 aliphatic rings. The fraction of sp³-hybridized carbons (Fsp3) is 0.741. The number of hydrogen-bond donors (Lipinski definition) is 1. The van der Waals surface area contributed by atoms with Gasteiger partial charge in [-0.1, -0.05) is 108 Å². The Labute approximate surface area is 191 Å². The third-order valence-electron chi connectivity index (χ3n) is 5.85. The molecule has 0 bridgehead atoms. The monoisotopic (exact) mass is 434 g/mol. The first kappa shape index (κ1) is 27.6. The van der Waals surface area contributed by atoms with E-state index < -0.39 is 0 Å². The molecule has 1 aromatic carbocycles. The van der Waals surface area contributed by atoms with Crippen molar-refractivity contribution in [2.24, 2.45) is 5.16 Å². The summed E-state index contributed by atoms with van der Waals surface area (Å²) in [6, 6.07) is 6.45. The lowest BCUT2D eigenvalue weighted by molar-refractivity contribution is 0.212. The summed E-state index contributed by atoms with van der Waals surface area (Å²) < 4.78 is 13.1. The maximum Gasteiger partial charge on any atom is 0.123 e. The molecule has 4 heteroatoms. The van der Waals surface area contributed by atoms with E-state index >= 15 is 0 Å². The largest absolute Gasteiger partial charge is 0.399 e. The summed E-state index contributed by atoms with van der Waals surface area (Å²) in [5.74, 6) is -0.227. The molecule has 0 aliphatic carbocycles. The van der Waals surface area contributed by atoms with Crippen molar-refractivity contribution in [1.82, 2.24) is 5.32 Å². The Morgan fingerprint density at radius 2 is 1.23 bits per heavy atom. The highest BCUT2D eigenvalue weighted by Crippen LogP contribution is 2.13. The van der Waals surface area contributed by atoms with Crippen LogP contribution in [0.4, 0.5) is 4.39 Å². The molecule has 1 rings (SSSR count). The molecule has 0 fully saturated rings. The number of unbranched alkanes of at least 4 members (excludes halogenated alkanes) is 13. The average molecular weight is 435 g/mol. The summed E-state index contributed by atoms with van der Waals surface area (Å²) in [6.45, 7) is 4.35. The van der Waals surface area contributed by atoms with Crippen molar-refractivity contribution in [3.8, 4) is 0 Å². The standard InChI is InChI=1S/C27H47FN2O/c1-3-4-5-6-7-8-9-10-11-12-13-14-15-16-23-29-24-17-18-27(30-31-2)25-19-21-26(28)22-20-25/h19-22,29H,3-18,23-24H2,1-2H3/b30-27-. The average Bonchev–Trinajstić information content (AvgIpc) is 2.78. The van der Waals surface area contributed by atoms with E-state index in [1.165, 1.54) is 102 Å². The van der Waals surface area contributed by atoms with Crippen LogP contribution in [0.2, 0.25) is 0 Å². The van der Waals surface area contributed by atoms with E-state index in [-0.39, 0.29) is 5.82 Å². The van der Waals surface area contributed by atoms with Crippen molar-refractivity contribution in [2.75, 3.05) is 20.2 Å². The molecule has 3 nitrogen and oxygen atoms in total. The van der Waals surface area contributed by atoms with Crippen LogP contribution in [-0.2, 0) is 4.84 Å². The van der Waals surface area contributed by atoms with Gasteiger partial charge in [0.25, 0.3) is 0 Å². The molecule has 0 heterocycles. The molecule has 0 aromatic heterocycles. The van der Waals surface area contributed by atoms with Crippen LogP contribution >= 0.6 is 0 Å². The number of nitrogens with one attached hydrogen (secondary N) is 1. The minimum Gasteiger partial charge on any atom is -0.399 e. The zero-order valence-corrected chi connectivity index (χ0v) is 20.3. The van der Waals surface area contributed by atoms with Gasteiger partial charge in [-0.15, -0.1) is 0 Å². The highest BCUT2D eigenvalue weighted by Gasteiger charge is 2.05. The zero-order chi connectivity index (χ0) is 22.4. The van der Waals surface area contributed by atoms with Gasteiger partial charge in [0, 0.05) is 0 Å². The van der Waals surface area contributed by atoms with E-state index in [0.29, 0.717) is 0 Å². The van der Waals surface area contributed by atoms with Crippen molar-refractivity contribution in [2.45, 2.75) is 110 Å². The Bertz CT molecular complexity index is 545. The van der Waals surface area contributed by atoms with Gasteiger partial charge in [-0.2, -0.15) is 0 Å². The van der Waals surface area contributed by atoms with Crippen molar-refractivity contribution in [3.63, 3.8) is 0 Å². The van der Waals surface area contributed by atoms with E-state index in [1.807, 2.05) is 0 Å². The Hall–Kier alpha value is -1.42. The lowest BCUT2D eigenvalue weighted by Crippen LogP contribution is -2.17. The molecule has 0 saturated heterocycles. The molecule has 0 atom stereocenters. The second-order valence-corrected chi connectivity index (χ2v) is 8.68. The molecule has 0 radical (unpaired) electrons. The maximum absolute atomic E-state index is 13.1. The van der Waals surface area contributed by atoms with Crippen LogP contribution in [0.5, 0.6) is 0 Å². The van der Waals surface area contributed by atoms with Gasteiger partial charge in [0.1, 0.15) is 12.9 Å². The van der Waals surface area contributed by atoms with E-state index in [2.05, 4.69) is 17.4 Å². The predicted octanol–water partition coefficient (Wildman–Crippen LogP) is 8.03. The molecule has 0 amide bonds. The number of benzene rings is 1. The summed E-state index contributed by atoms with van der Waals surface area (Å²) in [5, 5.41) is 7.64. The molecule has 0 spiro atoms. The molecule has 31 heavy (non-hydrogen) atoms. The van der Waals surface area contributed by atoms with E-state index in [4.69, 9.17) is 4.84 Å². The molecule has 0 saturated carbocycles. The summed E-state index contributed by atoms with van der Waals surface area (Å²) >= 11 is 0. The van der Waals surface area contributed by atoms with Gasteiger partial charge in [0.05, 0.1) is 5.71 Å². The second kappa shape index (κ2) is 20.5. The molecular weight excluding hydrogens is 387 g/mol. The van der Waals surface area contributed by atoms with Gasteiger partial charge < -0.3 is 10.2 Å². The van der Waals surface area contributed by atoms with Crippen LogP contribution in [0.3, 0.4) is 0 Å². The van der Waals surface area contributed by atoms with Gasteiger partial charge in [-0.05, 0) is 50.0 Å². The lowest BCUT2D eigenvalue weighted by Gasteiger charge is -2.08. The normalized spacial score (nSPS) is 11.8. The molecular formula is C27H47FN2O. The van der Waals surface area contributed by atoms with E-state index in [9.17, 15) is 4.39 Å². The van der Waals surface area contributed by atoms with Gasteiger partial charge in [-0.3, -0.25) is 0 Å². The van der Waals surface area contributed by atoms with Crippen LogP contribution in [0.1, 0.15) is 115 Å². The minimum absolute atomic E-state index is 0.227. The Balaban J connectivity index is 1.88. The smallest absolute Gasteiger partial charge is 0.123 e. The summed E-state index contributed by atoms with van der Waals surface area (Å²) in [5.41, 5.74) is 1.80. The van der Waals surface area contributed by atoms with Crippen molar-refractivity contribution < 1.29 is 9.23 Å².